The number of nitrogens with zero attached hydrogens (tertiary/aromatic N) is 1. The lowest BCUT2D eigenvalue weighted by Crippen LogP contribution is -2.38. The first kappa shape index (κ1) is 13.9. The van der Waals surface area contributed by atoms with Gasteiger partial charge in [-0.3, -0.25) is 4.79 Å². The standard InChI is InChI=1S/C16H21ClN2O/c1-10-7-12(17)5-6-13(10)16(20)19-8-11-3-2-4-15(18)14(11)9-19/h5-7,11,14-15H,2-4,8-9,18H2,1H3. The number of carbonyl (C=O) groups excluding carboxylic acids is 1. The van der Waals surface area contributed by atoms with E-state index >= 15 is 0 Å². The van der Waals surface area contributed by atoms with Crippen LogP contribution in [0, 0.1) is 18.8 Å². The molecule has 2 N–H and O–H groups in total. The molecule has 1 aliphatic heterocycles. The highest BCUT2D eigenvalue weighted by Crippen LogP contribution is 2.36. The van der Waals surface area contributed by atoms with Gasteiger partial charge in [-0.05, 0) is 55.4 Å². The van der Waals surface area contributed by atoms with Crippen molar-refractivity contribution in [3.8, 4) is 0 Å². The maximum atomic E-state index is 12.7. The van der Waals surface area contributed by atoms with E-state index in [4.69, 9.17) is 17.3 Å². The van der Waals surface area contributed by atoms with Crippen molar-refractivity contribution in [2.75, 3.05) is 13.1 Å². The monoisotopic (exact) mass is 292 g/mol. The third kappa shape index (κ3) is 2.45. The van der Waals surface area contributed by atoms with Gasteiger partial charge in [0.2, 0.25) is 0 Å². The Kier molecular flexibility index (Phi) is 3.74. The molecule has 3 rings (SSSR count). The molecule has 1 aromatic carbocycles. The molecule has 1 aliphatic carbocycles. The third-order valence-corrected chi connectivity index (χ3v) is 5.10. The van der Waals surface area contributed by atoms with Crippen LogP contribution in [0.5, 0.6) is 0 Å². The van der Waals surface area contributed by atoms with Crippen LogP contribution in [0.15, 0.2) is 18.2 Å². The maximum absolute atomic E-state index is 12.7. The molecule has 108 valence electrons. The lowest BCUT2D eigenvalue weighted by atomic mass is 9.78. The van der Waals surface area contributed by atoms with E-state index in [-0.39, 0.29) is 11.9 Å². The zero-order chi connectivity index (χ0) is 14.3. The smallest absolute Gasteiger partial charge is 0.254 e. The Labute approximate surface area is 125 Å². The molecule has 0 aromatic heterocycles. The summed E-state index contributed by atoms with van der Waals surface area (Å²) in [6.45, 7) is 3.61. The quantitative estimate of drug-likeness (QED) is 0.865. The number of benzene rings is 1. The first-order valence-electron chi connectivity index (χ1n) is 7.37. The van der Waals surface area contributed by atoms with Crippen LogP contribution in [0.25, 0.3) is 0 Å². The molecule has 3 nitrogen and oxygen atoms in total. The van der Waals surface area contributed by atoms with Crippen molar-refractivity contribution in [3.63, 3.8) is 0 Å². The number of amides is 1. The molecule has 2 fully saturated rings. The summed E-state index contributed by atoms with van der Waals surface area (Å²) in [5, 5.41) is 0.677. The minimum atomic E-state index is 0.126. The third-order valence-electron chi connectivity index (χ3n) is 4.86. The van der Waals surface area contributed by atoms with E-state index in [1.807, 2.05) is 24.0 Å². The average molecular weight is 293 g/mol. The van der Waals surface area contributed by atoms with Crippen LogP contribution in [-0.2, 0) is 0 Å². The number of rotatable bonds is 1. The van der Waals surface area contributed by atoms with Gasteiger partial charge in [0.15, 0.2) is 0 Å². The van der Waals surface area contributed by atoms with E-state index in [2.05, 4.69) is 0 Å². The molecule has 1 aromatic rings. The van der Waals surface area contributed by atoms with Crippen molar-refractivity contribution < 1.29 is 4.79 Å². The summed E-state index contributed by atoms with van der Waals surface area (Å²) in [4.78, 5) is 14.7. The second kappa shape index (κ2) is 5.38. The van der Waals surface area contributed by atoms with E-state index in [1.165, 1.54) is 12.8 Å². The highest BCUT2D eigenvalue weighted by molar-refractivity contribution is 6.30. The number of nitrogens with two attached hydrogens (primary N) is 1. The van der Waals surface area contributed by atoms with Gasteiger partial charge < -0.3 is 10.6 Å². The average Bonchev–Trinajstić information content (AvgIpc) is 2.83. The summed E-state index contributed by atoms with van der Waals surface area (Å²) in [5.41, 5.74) is 7.93. The lowest BCUT2D eigenvalue weighted by Gasteiger charge is -2.29. The van der Waals surface area contributed by atoms with Crippen molar-refractivity contribution in [1.82, 2.24) is 4.90 Å². The molecule has 1 saturated heterocycles. The van der Waals surface area contributed by atoms with Crippen LogP contribution in [0.1, 0.15) is 35.2 Å². The second-order valence-corrected chi connectivity index (χ2v) is 6.62. The van der Waals surface area contributed by atoms with Gasteiger partial charge in [-0.25, -0.2) is 0 Å². The van der Waals surface area contributed by atoms with Gasteiger partial charge in [-0.15, -0.1) is 0 Å². The molecular weight excluding hydrogens is 272 g/mol. The SMILES string of the molecule is Cc1cc(Cl)ccc1C(=O)N1CC2CCCC(N)C2C1. The van der Waals surface area contributed by atoms with E-state index in [1.54, 1.807) is 6.07 Å². The fourth-order valence-corrected chi connectivity index (χ4v) is 3.95. The zero-order valence-corrected chi connectivity index (χ0v) is 12.6. The Bertz CT molecular complexity index is 531. The summed E-state index contributed by atoms with van der Waals surface area (Å²) in [7, 11) is 0. The van der Waals surface area contributed by atoms with Gasteiger partial charge in [0, 0.05) is 29.7 Å². The number of fused-ring (bicyclic) bond motifs is 1. The van der Waals surface area contributed by atoms with Crippen LogP contribution >= 0.6 is 11.6 Å². The Morgan fingerprint density at radius 3 is 2.85 bits per heavy atom. The number of hydrogen-bond acceptors (Lipinski definition) is 2. The lowest BCUT2D eigenvalue weighted by molar-refractivity contribution is 0.0783. The molecule has 0 spiro atoms. The van der Waals surface area contributed by atoms with E-state index in [0.717, 1.165) is 30.6 Å². The van der Waals surface area contributed by atoms with Crippen molar-refractivity contribution in [3.05, 3.63) is 34.3 Å². The maximum Gasteiger partial charge on any atom is 0.254 e. The molecule has 2 aliphatic rings. The van der Waals surface area contributed by atoms with Crippen LogP contribution in [0.2, 0.25) is 5.02 Å². The van der Waals surface area contributed by atoms with E-state index in [9.17, 15) is 4.79 Å². The van der Waals surface area contributed by atoms with Gasteiger partial charge in [0.05, 0.1) is 0 Å². The number of likely N-dealkylation sites (tertiary alicyclic amines) is 1. The molecule has 1 heterocycles. The van der Waals surface area contributed by atoms with E-state index in [0.29, 0.717) is 16.9 Å². The minimum absolute atomic E-state index is 0.126. The summed E-state index contributed by atoms with van der Waals surface area (Å²) < 4.78 is 0. The van der Waals surface area contributed by atoms with Crippen molar-refractivity contribution in [2.45, 2.75) is 32.2 Å². The molecule has 0 radical (unpaired) electrons. The summed E-state index contributed by atoms with van der Waals surface area (Å²) in [6, 6.07) is 5.74. The molecule has 20 heavy (non-hydrogen) atoms. The largest absolute Gasteiger partial charge is 0.338 e. The second-order valence-electron chi connectivity index (χ2n) is 6.19. The van der Waals surface area contributed by atoms with Crippen molar-refractivity contribution >= 4 is 17.5 Å². The number of hydrogen-bond donors (Lipinski definition) is 1. The van der Waals surface area contributed by atoms with Crippen molar-refractivity contribution in [1.29, 1.82) is 0 Å². The molecule has 0 bridgehead atoms. The Morgan fingerprint density at radius 1 is 1.35 bits per heavy atom. The molecule has 3 unspecified atom stereocenters. The van der Waals surface area contributed by atoms with Gasteiger partial charge in [-0.2, -0.15) is 0 Å². The highest BCUT2D eigenvalue weighted by Gasteiger charge is 2.40. The Hall–Kier alpha value is -1.06. The van der Waals surface area contributed by atoms with E-state index < -0.39 is 0 Å². The Balaban J connectivity index is 1.78. The van der Waals surface area contributed by atoms with Crippen LogP contribution < -0.4 is 5.73 Å². The van der Waals surface area contributed by atoms with Gasteiger partial charge in [-0.1, -0.05) is 18.0 Å². The van der Waals surface area contributed by atoms with Gasteiger partial charge in [0.1, 0.15) is 0 Å². The fraction of sp³-hybridized carbons (Fsp3) is 0.562. The number of carbonyl (C=O) groups is 1. The summed E-state index contributed by atoms with van der Waals surface area (Å²) in [5.74, 6) is 1.20. The van der Waals surface area contributed by atoms with Crippen LogP contribution in [0.4, 0.5) is 0 Å². The zero-order valence-electron chi connectivity index (χ0n) is 11.8. The molecule has 4 heteroatoms. The Morgan fingerprint density at radius 2 is 2.15 bits per heavy atom. The van der Waals surface area contributed by atoms with Gasteiger partial charge >= 0.3 is 0 Å². The topological polar surface area (TPSA) is 46.3 Å². The van der Waals surface area contributed by atoms with Crippen LogP contribution in [-0.4, -0.2) is 29.9 Å². The van der Waals surface area contributed by atoms with Gasteiger partial charge in [0.25, 0.3) is 5.91 Å². The van der Waals surface area contributed by atoms with Crippen LogP contribution in [0.3, 0.4) is 0 Å². The first-order valence-corrected chi connectivity index (χ1v) is 7.75. The highest BCUT2D eigenvalue weighted by atomic mass is 35.5. The predicted octanol–water partition coefficient (Wildman–Crippen LogP) is 2.85. The molecule has 1 amide bonds. The summed E-state index contributed by atoms with van der Waals surface area (Å²) >= 11 is 5.96. The number of aryl methyl sites for hydroxylation is 1. The first-order chi connectivity index (χ1) is 9.56. The minimum Gasteiger partial charge on any atom is -0.338 e. The normalized spacial score (nSPS) is 29.4. The predicted molar refractivity (Wildman–Crippen MR) is 80.9 cm³/mol. The summed E-state index contributed by atoms with van der Waals surface area (Å²) in [6.07, 6.45) is 3.51. The van der Waals surface area contributed by atoms with Crippen molar-refractivity contribution in [2.24, 2.45) is 17.6 Å². The number of halogens is 1. The molecule has 1 saturated carbocycles. The fourth-order valence-electron chi connectivity index (χ4n) is 3.72. The molecule has 3 atom stereocenters. The molecular formula is C16H21ClN2O.